The van der Waals surface area contributed by atoms with Gasteiger partial charge in [0, 0.05) is 17.8 Å². The Morgan fingerprint density at radius 1 is 0.865 bits per heavy atom. The number of ether oxygens (including phenoxy) is 1. The van der Waals surface area contributed by atoms with E-state index in [2.05, 4.69) is 24.8 Å². The summed E-state index contributed by atoms with van der Waals surface area (Å²) >= 11 is 0. The lowest BCUT2D eigenvalue weighted by Gasteiger charge is -2.49. The van der Waals surface area contributed by atoms with Gasteiger partial charge in [0.2, 0.25) is 0 Å². The molecule has 1 N–H and O–H groups in total. The monoisotopic (exact) mass is 490 g/mol. The van der Waals surface area contributed by atoms with Crippen LogP contribution in [0, 0.1) is 11.8 Å². The van der Waals surface area contributed by atoms with Crippen molar-refractivity contribution in [1.29, 1.82) is 0 Å². The quantitative estimate of drug-likeness (QED) is 0.355. The molecule has 0 amide bonds. The van der Waals surface area contributed by atoms with Crippen molar-refractivity contribution >= 4 is 17.5 Å². The number of fused-ring (bicyclic) bond motifs is 1. The van der Waals surface area contributed by atoms with Crippen molar-refractivity contribution in [2.45, 2.75) is 24.7 Å². The van der Waals surface area contributed by atoms with Crippen LogP contribution in [0.1, 0.15) is 46.9 Å². The normalized spacial score (nSPS) is 24.4. The fourth-order valence-electron chi connectivity index (χ4n) is 6.14. The third kappa shape index (κ3) is 4.33. The van der Waals surface area contributed by atoms with Gasteiger partial charge in [0.05, 0.1) is 11.8 Å². The summed E-state index contributed by atoms with van der Waals surface area (Å²) < 4.78 is 6.05. The van der Waals surface area contributed by atoms with E-state index in [9.17, 15) is 14.7 Å². The zero-order valence-electron chi connectivity index (χ0n) is 20.8. The standard InChI is InChI=1S/C33H30O4/c1-3-13-24-23(4-2)25-18-11-12-19-26(25)27(24)20-37-33(36)31-28(21-14-7-5-8-15-21)30(32(34)35)29(31)22-16-9-6-10-17-22/h3-19,27-31H,2,20H2,1H3,(H,34,35)/b13-3-/t27?,28-,29-,30-,31-/m0/s1. The molecule has 37 heavy (non-hydrogen) atoms. The van der Waals surface area contributed by atoms with E-state index in [1.54, 1.807) is 0 Å². The molecule has 3 aromatic carbocycles. The van der Waals surface area contributed by atoms with Gasteiger partial charge < -0.3 is 9.84 Å². The first-order valence-corrected chi connectivity index (χ1v) is 12.6. The molecule has 0 saturated heterocycles. The van der Waals surface area contributed by atoms with E-state index in [0.29, 0.717) is 0 Å². The molecular formula is C33H30O4. The number of allylic oxidation sites excluding steroid dienone is 4. The zero-order chi connectivity index (χ0) is 25.9. The zero-order valence-corrected chi connectivity index (χ0v) is 20.8. The van der Waals surface area contributed by atoms with Gasteiger partial charge in [0.25, 0.3) is 0 Å². The van der Waals surface area contributed by atoms with Crippen molar-refractivity contribution in [1.82, 2.24) is 0 Å². The SMILES string of the molecule is C=CC1=C(/C=C\C)C(COC(=O)[C@H]2[C@@H](c3ccccc3)[C@H](C(=O)O)[C@@H]2c2ccccc2)c2ccccc21. The molecule has 0 radical (unpaired) electrons. The lowest BCUT2D eigenvalue weighted by Crippen LogP contribution is -2.51. The number of esters is 1. The number of carboxylic acid groups (broad SMARTS) is 1. The van der Waals surface area contributed by atoms with Crippen LogP contribution in [-0.4, -0.2) is 23.7 Å². The van der Waals surface area contributed by atoms with Gasteiger partial charge in [-0.25, -0.2) is 0 Å². The number of carbonyl (C=O) groups is 2. The summed E-state index contributed by atoms with van der Waals surface area (Å²) in [5, 5.41) is 10.2. The first kappa shape index (κ1) is 24.5. The van der Waals surface area contributed by atoms with Crippen molar-refractivity contribution in [3.8, 4) is 0 Å². The van der Waals surface area contributed by atoms with E-state index in [-0.39, 0.29) is 18.5 Å². The van der Waals surface area contributed by atoms with Crippen molar-refractivity contribution in [2.75, 3.05) is 6.61 Å². The summed E-state index contributed by atoms with van der Waals surface area (Å²) in [7, 11) is 0. The highest BCUT2D eigenvalue weighted by Crippen LogP contribution is 2.58. The average Bonchev–Trinajstić information content (AvgIpc) is 3.20. The van der Waals surface area contributed by atoms with E-state index >= 15 is 0 Å². The maximum Gasteiger partial charge on any atom is 0.310 e. The number of aliphatic carboxylic acids is 1. The molecule has 4 nitrogen and oxygen atoms in total. The van der Waals surface area contributed by atoms with E-state index in [1.165, 1.54) is 0 Å². The third-order valence-corrected chi connectivity index (χ3v) is 7.73. The van der Waals surface area contributed by atoms with Crippen LogP contribution in [0.5, 0.6) is 0 Å². The fourth-order valence-corrected chi connectivity index (χ4v) is 6.14. The Labute approximate surface area is 217 Å². The predicted molar refractivity (Wildman–Crippen MR) is 145 cm³/mol. The lowest BCUT2D eigenvalue weighted by molar-refractivity contribution is -0.164. The molecule has 4 heteroatoms. The molecule has 0 aliphatic heterocycles. The van der Waals surface area contributed by atoms with Crippen molar-refractivity contribution in [3.63, 3.8) is 0 Å². The van der Waals surface area contributed by atoms with Crippen LogP contribution in [0.25, 0.3) is 5.57 Å². The maximum absolute atomic E-state index is 13.8. The van der Waals surface area contributed by atoms with Gasteiger partial charge in [-0.1, -0.05) is 110 Å². The first-order chi connectivity index (χ1) is 18.1. The van der Waals surface area contributed by atoms with Crippen LogP contribution in [0.4, 0.5) is 0 Å². The van der Waals surface area contributed by atoms with Crippen LogP contribution >= 0.6 is 0 Å². The second-order valence-electron chi connectivity index (χ2n) is 9.61. The number of hydrogen-bond acceptors (Lipinski definition) is 3. The molecule has 2 aliphatic carbocycles. The van der Waals surface area contributed by atoms with Crippen LogP contribution in [0.15, 0.2) is 115 Å². The minimum absolute atomic E-state index is 0.106. The summed E-state index contributed by atoms with van der Waals surface area (Å²) in [6.45, 7) is 6.16. The molecule has 1 fully saturated rings. The summed E-state index contributed by atoms with van der Waals surface area (Å²) in [4.78, 5) is 26.2. The van der Waals surface area contributed by atoms with Gasteiger partial charge >= 0.3 is 11.9 Å². The second kappa shape index (κ2) is 10.4. The number of carbonyl (C=O) groups excluding carboxylic acids is 1. The molecule has 0 bridgehead atoms. The van der Waals surface area contributed by atoms with Crippen LogP contribution < -0.4 is 0 Å². The van der Waals surface area contributed by atoms with Crippen LogP contribution in [0.2, 0.25) is 0 Å². The number of rotatable bonds is 8. The largest absolute Gasteiger partial charge is 0.481 e. The molecule has 186 valence electrons. The van der Waals surface area contributed by atoms with Gasteiger partial charge in [-0.2, -0.15) is 0 Å². The van der Waals surface area contributed by atoms with Crippen LogP contribution in [0.3, 0.4) is 0 Å². The minimum Gasteiger partial charge on any atom is -0.481 e. The van der Waals surface area contributed by atoms with Crippen molar-refractivity contribution in [3.05, 3.63) is 138 Å². The topological polar surface area (TPSA) is 63.6 Å². The highest BCUT2D eigenvalue weighted by atomic mass is 16.5. The predicted octanol–water partition coefficient (Wildman–Crippen LogP) is 6.74. The molecule has 1 unspecified atom stereocenters. The Kier molecular flexibility index (Phi) is 6.91. The van der Waals surface area contributed by atoms with Crippen LogP contribution in [-0.2, 0) is 14.3 Å². The molecule has 1 saturated carbocycles. The number of carboxylic acids is 1. The molecule has 3 atom stereocenters. The minimum atomic E-state index is -0.898. The smallest absolute Gasteiger partial charge is 0.310 e. The van der Waals surface area contributed by atoms with Gasteiger partial charge in [-0.05, 0) is 40.3 Å². The summed E-state index contributed by atoms with van der Waals surface area (Å²) in [5.41, 5.74) is 6.02. The Morgan fingerprint density at radius 3 is 1.97 bits per heavy atom. The van der Waals surface area contributed by atoms with Gasteiger partial charge in [-0.3, -0.25) is 9.59 Å². The van der Waals surface area contributed by atoms with E-state index in [4.69, 9.17) is 4.74 Å². The Morgan fingerprint density at radius 2 is 1.43 bits per heavy atom. The molecule has 5 rings (SSSR count). The highest BCUT2D eigenvalue weighted by molar-refractivity contribution is 5.87. The van der Waals surface area contributed by atoms with Gasteiger partial charge in [0.15, 0.2) is 0 Å². The maximum atomic E-state index is 13.8. The Balaban J connectivity index is 1.47. The number of hydrogen-bond donors (Lipinski definition) is 1. The van der Waals surface area contributed by atoms with E-state index in [0.717, 1.165) is 33.4 Å². The Bertz CT molecular complexity index is 1320. The van der Waals surface area contributed by atoms with E-state index < -0.39 is 29.6 Å². The molecular weight excluding hydrogens is 460 g/mol. The van der Waals surface area contributed by atoms with Gasteiger partial charge in [-0.15, -0.1) is 0 Å². The molecule has 0 aromatic heterocycles. The Hall–Kier alpha value is -4.18. The molecule has 0 heterocycles. The second-order valence-corrected chi connectivity index (χ2v) is 9.61. The molecule has 2 aliphatic rings. The average molecular weight is 491 g/mol. The van der Waals surface area contributed by atoms with Crippen molar-refractivity contribution in [2.24, 2.45) is 11.8 Å². The highest BCUT2D eigenvalue weighted by Gasteiger charge is 2.59. The lowest BCUT2D eigenvalue weighted by atomic mass is 9.52. The first-order valence-electron chi connectivity index (χ1n) is 12.6. The van der Waals surface area contributed by atoms with Crippen molar-refractivity contribution < 1.29 is 19.4 Å². The van der Waals surface area contributed by atoms with E-state index in [1.807, 2.05) is 91.9 Å². The summed E-state index contributed by atoms with van der Waals surface area (Å²) in [6.07, 6.45) is 5.90. The third-order valence-electron chi connectivity index (χ3n) is 7.73. The number of benzene rings is 3. The molecule has 0 spiro atoms. The fraction of sp³-hybridized carbons (Fsp3) is 0.212. The molecule has 3 aromatic rings. The summed E-state index contributed by atoms with van der Waals surface area (Å²) in [6, 6.07) is 27.0. The summed E-state index contributed by atoms with van der Waals surface area (Å²) in [5.74, 6) is -3.57. The van der Waals surface area contributed by atoms with Gasteiger partial charge in [0.1, 0.15) is 6.61 Å².